The molecule has 1 fully saturated rings. The molecule has 0 radical (unpaired) electrons. The zero-order valence-electron chi connectivity index (χ0n) is 12.7. The van der Waals surface area contributed by atoms with E-state index in [1.807, 2.05) is 6.07 Å². The maximum Gasteiger partial charge on any atom is 0.227 e. The first kappa shape index (κ1) is 15.0. The second-order valence-corrected chi connectivity index (χ2v) is 5.99. The van der Waals surface area contributed by atoms with E-state index in [9.17, 15) is 0 Å². The molecule has 3 rings (SSSR count). The summed E-state index contributed by atoms with van der Waals surface area (Å²) in [5, 5.41) is 10.9. The minimum absolute atomic E-state index is 0.478. The van der Waals surface area contributed by atoms with Gasteiger partial charge in [0.05, 0.1) is 35.9 Å². The molecule has 2 aromatic heterocycles. The van der Waals surface area contributed by atoms with Gasteiger partial charge in [-0.15, -0.1) is 11.3 Å². The first-order valence-corrected chi connectivity index (χ1v) is 8.41. The smallest absolute Gasteiger partial charge is 0.227 e. The molecule has 0 spiro atoms. The van der Waals surface area contributed by atoms with Crippen LogP contribution in [0.25, 0.3) is 10.2 Å². The molecule has 0 N–H and O–H groups in total. The van der Waals surface area contributed by atoms with Gasteiger partial charge >= 0.3 is 0 Å². The van der Waals surface area contributed by atoms with Crippen molar-refractivity contribution in [2.45, 2.75) is 13.3 Å². The van der Waals surface area contributed by atoms with Gasteiger partial charge in [-0.2, -0.15) is 10.2 Å². The number of aromatic nitrogens is 2. The molecule has 22 heavy (non-hydrogen) atoms. The zero-order chi connectivity index (χ0) is 15.4. The lowest BCUT2D eigenvalue weighted by molar-refractivity contribution is 0.122. The molecule has 116 valence electrons. The van der Waals surface area contributed by atoms with Gasteiger partial charge in [0.25, 0.3) is 0 Å². The molecule has 0 bridgehead atoms. The Morgan fingerprint density at radius 2 is 2.23 bits per heavy atom. The summed E-state index contributed by atoms with van der Waals surface area (Å²) in [5.41, 5.74) is 0.979. The molecule has 1 aliphatic heterocycles. The van der Waals surface area contributed by atoms with Gasteiger partial charge in [0, 0.05) is 26.2 Å². The van der Waals surface area contributed by atoms with Gasteiger partial charge in [0.2, 0.25) is 5.95 Å². The topological polar surface area (TPSA) is 65.3 Å². The van der Waals surface area contributed by atoms with Gasteiger partial charge in [0.15, 0.2) is 5.82 Å². The van der Waals surface area contributed by atoms with Crippen molar-refractivity contribution in [3.8, 4) is 6.07 Å². The van der Waals surface area contributed by atoms with Crippen LogP contribution < -0.4 is 9.80 Å². The van der Waals surface area contributed by atoms with Gasteiger partial charge in [-0.1, -0.05) is 0 Å². The minimum Gasteiger partial charge on any atom is -0.378 e. The van der Waals surface area contributed by atoms with Crippen LogP contribution in [-0.2, 0) is 4.74 Å². The van der Waals surface area contributed by atoms with Crippen LogP contribution in [0.15, 0.2) is 11.4 Å². The number of morpholine rings is 1. The third kappa shape index (κ3) is 2.98. The van der Waals surface area contributed by atoms with Crippen molar-refractivity contribution in [1.29, 1.82) is 5.26 Å². The SMILES string of the molecule is CCN(CCC#N)c1nc(N2CCOCC2)c2sccc2n1. The van der Waals surface area contributed by atoms with Gasteiger partial charge in [-0.3, -0.25) is 0 Å². The number of nitrogens with zero attached hydrogens (tertiary/aromatic N) is 5. The highest BCUT2D eigenvalue weighted by Gasteiger charge is 2.19. The zero-order valence-corrected chi connectivity index (χ0v) is 13.5. The van der Waals surface area contributed by atoms with Crippen molar-refractivity contribution in [3.63, 3.8) is 0 Å². The summed E-state index contributed by atoms with van der Waals surface area (Å²) in [6, 6.07) is 4.23. The van der Waals surface area contributed by atoms with Crippen molar-refractivity contribution in [1.82, 2.24) is 9.97 Å². The van der Waals surface area contributed by atoms with Crippen molar-refractivity contribution in [2.24, 2.45) is 0 Å². The van der Waals surface area contributed by atoms with Crippen LogP contribution in [0, 0.1) is 11.3 Å². The Balaban J connectivity index is 1.99. The Labute approximate surface area is 133 Å². The number of thiophene rings is 1. The molecule has 0 aromatic carbocycles. The molecule has 6 nitrogen and oxygen atoms in total. The minimum atomic E-state index is 0.478. The second-order valence-electron chi connectivity index (χ2n) is 5.07. The molecule has 7 heteroatoms. The van der Waals surface area contributed by atoms with E-state index in [0.29, 0.717) is 18.9 Å². The number of ether oxygens (including phenoxy) is 1. The van der Waals surface area contributed by atoms with Crippen LogP contribution in [0.5, 0.6) is 0 Å². The van der Waals surface area contributed by atoms with E-state index in [1.165, 1.54) is 0 Å². The van der Waals surface area contributed by atoms with Crippen LogP contribution in [0.2, 0.25) is 0 Å². The van der Waals surface area contributed by atoms with E-state index in [1.54, 1.807) is 11.3 Å². The quantitative estimate of drug-likeness (QED) is 0.843. The summed E-state index contributed by atoms with van der Waals surface area (Å²) in [7, 11) is 0. The van der Waals surface area contributed by atoms with E-state index < -0.39 is 0 Å². The maximum atomic E-state index is 8.82. The van der Waals surface area contributed by atoms with Crippen LogP contribution in [0.3, 0.4) is 0 Å². The predicted octanol–water partition coefficient (Wildman–Crippen LogP) is 2.27. The van der Waals surface area contributed by atoms with Gasteiger partial charge in [-0.25, -0.2) is 4.98 Å². The average Bonchev–Trinajstić information content (AvgIpc) is 3.04. The van der Waals surface area contributed by atoms with Crippen molar-refractivity contribution in [2.75, 3.05) is 49.2 Å². The second kappa shape index (κ2) is 6.90. The van der Waals surface area contributed by atoms with Crippen LogP contribution in [0.1, 0.15) is 13.3 Å². The first-order valence-electron chi connectivity index (χ1n) is 7.53. The normalized spacial score (nSPS) is 15.0. The summed E-state index contributed by atoms with van der Waals surface area (Å²) in [4.78, 5) is 13.8. The Morgan fingerprint density at radius 3 is 2.95 bits per heavy atom. The molecular weight excluding hydrogens is 298 g/mol. The van der Waals surface area contributed by atoms with Gasteiger partial charge in [-0.05, 0) is 18.4 Å². The fourth-order valence-electron chi connectivity index (χ4n) is 2.55. The average molecular weight is 317 g/mol. The maximum absolute atomic E-state index is 8.82. The Kier molecular flexibility index (Phi) is 4.71. The monoisotopic (exact) mass is 317 g/mol. The molecule has 1 saturated heterocycles. The Morgan fingerprint density at radius 1 is 1.41 bits per heavy atom. The summed E-state index contributed by atoms with van der Waals surface area (Å²) in [6.45, 7) is 6.69. The van der Waals surface area contributed by atoms with Crippen LogP contribution in [0.4, 0.5) is 11.8 Å². The number of anilines is 2. The number of rotatable bonds is 5. The third-order valence-corrected chi connectivity index (χ3v) is 4.64. The molecule has 0 amide bonds. The summed E-state index contributed by atoms with van der Waals surface area (Å²) < 4.78 is 6.57. The summed E-state index contributed by atoms with van der Waals surface area (Å²) >= 11 is 1.68. The first-order chi connectivity index (χ1) is 10.8. The van der Waals surface area contributed by atoms with Crippen LogP contribution in [-0.4, -0.2) is 49.4 Å². The van der Waals surface area contributed by atoms with Gasteiger partial charge in [0.1, 0.15) is 0 Å². The molecular formula is C15H19N5OS. The number of nitriles is 1. The highest BCUT2D eigenvalue weighted by Crippen LogP contribution is 2.31. The number of hydrogen-bond donors (Lipinski definition) is 0. The molecule has 0 unspecified atom stereocenters. The largest absolute Gasteiger partial charge is 0.378 e. The third-order valence-electron chi connectivity index (χ3n) is 3.74. The van der Waals surface area contributed by atoms with Crippen molar-refractivity contribution in [3.05, 3.63) is 11.4 Å². The Bertz CT molecular complexity index is 674. The van der Waals surface area contributed by atoms with Crippen LogP contribution >= 0.6 is 11.3 Å². The molecule has 0 saturated carbocycles. The Hall–Kier alpha value is -1.91. The molecule has 0 atom stereocenters. The predicted molar refractivity (Wildman–Crippen MR) is 88.6 cm³/mol. The highest BCUT2D eigenvalue weighted by molar-refractivity contribution is 7.17. The van der Waals surface area contributed by atoms with Crippen molar-refractivity contribution < 1.29 is 4.74 Å². The fraction of sp³-hybridized carbons (Fsp3) is 0.533. The fourth-order valence-corrected chi connectivity index (χ4v) is 3.40. The number of fused-ring (bicyclic) bond motifs is 1. The molecule has 0 aliphatic carbocycles. The molecule has 1 aliphatic rings. The standard InChI is InChI=1S/C15H19N5OS/c1-2-19(6-3-5-16)15-17-12-4-11-22-13(12)14(18-15)20-7-9-21-10-8-20/h4,11H,2-3,6-10H2,1H3. The lowest BCUT2D eigenvalue weighted by Crippen LogP contribution is -2.37. The summed E-state index contributed by atoms with van der Waals surface area (Å²) in [5.74, 6) is 1.71. The molecule has 2 aromatic rings. The van der Waals surface area contributed by atoms with Crippen molar-refractivity contribution >= 4 is 33.3 Å². The number of hydrogen-bond acceptors (Lipinski definition) is 7. The summed E-state index contributed by atoms with van der Waals surface area (Å²) in [6.07, 6.45) is 0.478. The lowest BCUT2D eigenvalue weighted by atomic mass is 10.3. The lowest BCUT2D eigenvalue weighted by Gasteiger charge is -2.29. The van der Waals surface area contributed by atoms with E-state index in [4.69, 9.17) is 15.0 Å². The van der Waals surface area contributed by atoms with Gasteiger partial charge < -0.3 is 14.5 Å². The van der Waals surface area contributed by atoms with E-state index >= 15 is 0 Å². The molecule has 3 heterocycles. The van der Waals surface area contributed by atoms with E-state index in [2.05, 4.69) is 33.2 Å². The highest BCUT2D eigenvalue weighted by atomic mass is 32.1. The van der Waals surface area contributed by atoms with E-state index in [0.717, 1.165) is 48.9 Å². The van der Waals surface area contributed by atoms with E-state index in [-0.39, 0.29) is 0 Å².